The van der Waals surface area contributed by atoms with Crippen molar-refractivity contribution < 1.29 is 84.0 Å². The Bertz CT molecular complexity index is 113. The van der Waals surface area contributed by atoms with Crippen LogP contribution in [0.5, 0.6) is 0 Å². The minimum Gasteiger partial charge on any atom is -0.550 e. The largest absolute Gasteiger partial charge is 1.00 e. The van der Waals surface area contributed by atoms with E-state index in [2.05, 4.69) is 4.89 Å². The van der Waals surface area contributed by atoms with Crippen LogP contribution in [0.15, 0.2) is 0 Å². The second-order valence-electron chi connectivity index (χ2n) is 1.01. The molecule has 0 saturated heterocycles. The van der Waals surface area contributed by atoms with Crippen molar-refractivity contribution in [3.63, 3.8) is 0 Å². The number of carboxylic acids is 1. The first-order valence-electron chi connectivity index (χ1n) is 1.71. The van der Waals surface area contributed by atoms with Gasteiger partial charge in [0.2, 0.25) is 0 Å². The van der Waals surface area contributed by atoms with E-state index >= 15 is 0 Å². The number of hydrogen-bond acceptors (Lipinski definition) is 5. The Morgan fingerprint density at radius 2 is 1.80 bits per heavy atom. The molecule has 10 heavy (non-hydrogen) atoms. The van der Waals surface area contributed by atoms with E-state index in [1.807, 2.05) is 0 Å². The molecule has 5 nitrogen and oxygen atoms in total. The summed E-state index contributed by atoms with van der Waals surface area (Å²) in [6, 6.07) is 0. The third-order valence-corrected chi connectivity index (χ3v) is 0.390. The molecule has 0 saturated carbocycles. The molecule has 0 rings (SSSR count). The summed E-state index contributed by atoms with van der Waals surface area (Å²) >= 11 is 0. The average molecular weight is 165 g/mol. The first-order chi connectivity index (χ1) is 3.66. The van der Waals surface area contributed by atoms with Crippen LogP contribution in [-0.2, 0) is 14.5 Å². The van der Waals surface area contributed by atoms with E-state index in [9.17, 15) is 14.7 Å². The standard InChI is InChI=1S/C3H4O5.2Na/c4-2(5)1-3(6)8-7;;/h7H,1H2,(H,4,5);;/q;2*+1/p-1. The normalized spacial score (nSPS) is 6.50. The maximum absolute atomic E-state index is 9.73. The van der Waals surface area contributed by atoms with E-state index in [4.69, 9.17) is 5.26 Å². The number of carbonyl (C=O) groups excluding carboxylic acids is 2. The van der Waals surface area contributed by atoms with Crippen molar-refractivity contribution in [2.75, 3.05) is 0 Å². The molecule has 0 aromatic carbocycles. The van der Waals surface area contributed by atoms with E-state index in [-0.39, 0.29) is 59.1 Å². The molecule has 0 atom stereocenters. The van der Waals surface area contributed by atoms with Crippen LogP contribution in [0, 0.1) is 0 Å². The van der Waals surface area contributed by atoms with E-state index in [0.717, 1.165) is 0 Å². The van der Waals surface area contributed by atoms with Crippen LogP contribution in [0.25, 0.3) is 0 Å². The zero-order chi connectivity index (χ0) is 6.57. The van der Waals surface area contributed by atoms with Gasteiger partial charge in [-0.25, -0.2) is 4.79 Å². The fourth-order valence-corrected chi connectivity index (χ4v) is 0.150. The van der Waals surface area contributed by atoms with Crippen molar-refractivity contribution in [3.05, 3.63) is 0 Å². The van der Waals surface area contributed by atoms with Gasteiger partial charge in [-0.1, -0.05) is 0 Å². The first kappa shape index (κ1) is 17.1. The molecule has 0 aliphatic heterocycles. The maximum Gasteiger partial charge on any atom is 1.00 e. The number of carboxylic acid groups (broad SMARTS) is 1. The van der Waals surface area contributed by atoms with E-state index in [0.29, 0.717) is 0 Å². The van der Waals surface area contributed by atoms with Gasteiger partial charge < -0.3 is 14.8 Å². The molecule has 0 amide bonds. The second kappa shape index (κ2) is 9.90. The van der Waals surface area contributed by atoms with E-state index in [1.54, 1.807) is 0 Å². The summed E-state index contributed by atoms with van der Waals surface area (Å²) < 4.78 is 0. The summed E-state index contributed by atoms with van der Waals surface area (Å²) in [6.07, 6.45) is -0.920. The van der Waals surface area contributed by atoms with Crippen molar-refractivity contribution in [2.24, 2.45) is 0 Å². The van der Waals surface area contributed by atoms with Crippen molar-refractivity contribution in [1.82, 2.24) is 0 Å². The Hall–Kier alpha value is 0.900. The van der Waals surface area contributed by atoms with Crippen LogP contribution in [0.3, 0.4) is 0 Å². The molecule has 0 spiro atoms. The Balaban J connectivity index is -0.000000245. The molecule has 0 unspecified atom stereocenters. The van der Waals surface area contributed by atoms with Gasteiger partial charge in [-0.15, -0.1) is 0 Å². The monoisotopic (exact) mass is 165 g/mol. The second-order valence-corrected chi connectivity index (χ2v) is 1.01. The predicted octanol–water partition coefficient (Wildman–Crippen LogP) is -7.85. The zero-order valence-corrected chi connectivity index (χ0v) is 9.79. The van der Waals surface area contributed by atoms with Crippen molar-refractivity contribution in [3.8, 4) is 0 Å². The molecule has 0 bridgehead atoms. The van der Waals surface area contributed by atoms with Crippen LogP contribution >= 0.6 is 0 Å². The van der Waals surface area contributed by atoms with Gasteiger partial charge in [0.05, 0.1) is 12.4 Å². The molecule has 46 valence electrons. The molecule has 7 heteroatoms. The number of aliphatic carboxylic acids is 1. The van der Waals surface area contributed by atoms with Gasteiger partial charge in [0.25, 0.3) is 0 Å². The van der Waals surface area contributed by atoms with Crippen LogP contribution in [0.1, 0.15) is 6.42 Å². The summed E-state index contributed by atoms with van der Waals surface area (Å²) in [5.74, 6) is -2.81. The quantitative estimate of drug-likeness (QED) is 0.190. The van der Waals surface area contributed by atoms with Crippen LogP contribution in [0.4, 0.5) is 0 Å². The molecule has 0 heterocycles. The van der Waals surface area contributed by atoms with Crippen molar-refractivity contribution >= 4 is 11.9 Å². The molecule has 0 fully saturated rings. The van der Waals surface area contributed by atoms with Gasteiger partial charge in [0.15, 0.2) is 0 Å². The van der Waals surface area contributed by atoms with E-state index < -0.39 is 18.4 Å². The SMILES string of the molecule is O=C([O-])CC(=O)OO.[Na+].[Na+]. The van der Waals surface area contributed by atoms with Crippen molar-refractivity contribution in [2.45, 2.75) is 6.42 Å². The molecule has 0 aromatic heterocycles. The Kier molecular flexibility index (Phi) is 16.9. The smallest absolute Gasteiger partial charge is 0.550 e. The minimum atomic E-state index is -1.58. The maximum atomic E-state index is 9.73. The molecule has 0 aliphatic carbocycles. The zero-order valence-electron chi connectivity index (χ0n) is 5.79. The third kappa shape index (κ3) is 11.7. The Morgan fingerprint density at radius 3 is 1.90 bits per heavy atom. The summed E-state index contributed by atoms with van der Waals surface area (Å²) in [5.41, 5.74) is 0. The van der Waals surface area contributed by atoms with Gasteiger partial charge in [0, 0.05) is 0 Å². The molecule has 0 aliphatic rings. The summed E-state index contributed by atoms with van der Waals surface area (Å²) in [6.45, 7) is 0. The first-order valence-corrected chi connectivity index (χ1v) is 1.71. The minimum absolute atomic E-state index is 0. The Labute approximate surface area is 101 Å². The fraction of sp³-hybridized carbons (Fsp3) is 0.333. The molecular formula is C3H3Na2O5+. The predicted molar refractivity (Wildman–Crippen MR) is 18.3 cm³/mol. The van der Waals surface area contributed by atoms with Gasteiger partial charge in [0.1, 0.15) is 0 Å². The van der Waals surface area contributed by atoms with E-state index in [1.165, 1.54) is 0 Å². The number of hydrogen-bond donors (Lipinski definition) is 1. The number of rotatable bonds is 2. The number of carbonyl (C=O) groups is 2. The van der Waals surface area contributed by atoms with Crippen LogP contribution in [0.2, 0.25) is 0 Å². The van der Waals surface area contributed by atoms with Crippen LogP contribution in [-0.4, -0.2) is 17.2 Å². The molecule has 1 N–H and O–H groups in total. The fourth-order valence-electron chi connectivity index (χ4n) is 0.150. The summed E-state index contributed by atoms with van der Waals surface area (Å²) in [5, 5.41) is 16.9. The van der Waals surface area contributed by atoms with Gasteiger partial charge in [-0.3, -0.25) is 0 Å². The van der Waals surface area contributed by atoms with Crippen molar-refractivity contribution in [1.29, 1.82) is 0 Å². The molecule has 0 aromatic rings. The topological polar surface area (TPSA) is 86.7 Å². The Morgan fingerprint density at radius 1 is 1.40 bits per heavy atom. The summed E-state index contributed by atoms with van der Waals surface area (Å²) in [7, 11) is 0. The molecular weight excluding hydrogens is 162 g/mol. The van der Waals surface area contributed by atoms with Gasteiger partial charge in [-0.05, 0) is 0 Å². The van der Waals surface area contributed by atoms with Gasteiger partial charge in [-0.2, -0.15) is 5.26 Å². The molecule has 0 radical (unpaired) electrons. The third-order valence-electron chi connectivity index (χ3n) is 0.390. The summed E-state index contributed by atoms with van der Waals surface area (Å²) in [4.78, 5) is 22.2. The van der Waals surface area contributed by atoms with Crippen LogP contribution < -0.4 is 64.2 Å². The van der Waals surface area contributed by atoms with Gasteiger partial charge >= 0.3 is 65.1 Å². The average Bonchev–Trinajstić information content (AvgIpc) is 1.65.